The van der Waals surface area contributed by atoms with Gasteiger partial charge in [0.15, 0.2) is 11.4 Å². The smallest absolute Gasteiger partial charge is 0.275 e. The van der Waals surface area contributed by atoms with Crippen LogP contribution in [0.4, 0.5) is 4.39 Å². The van der Waals surface area contributed by atoms with Crippen LogP contribution in [0.25, 0.3) is 0 Å². The predicted molar refractivity (Wildman–Crippen MR) is 115 cm³/mol. The molecule has 0 atom stereocenters. The summed E-state index contributed by atoms with van der Waals surface area (Å²) in [6.07, 6.45) is 3.34. The normalized spacial score (nSPS) is 12.9. The highest BCUT2D eigenvalue weighted by Crippen LogP contribution is 2.32. The molecule has 0 bridgehead atoms. The number of hydrogen-bond acceptors (Lipinski definition) is 4. The van der Waals surface area contributed by atoms with E-state index in [1.54, 1.807) is 23.1 Å². The van der Waals surface area contributed by atoms with Crippen molar-refractivity contribution in [1.29, 1.82) is 0 Å². The molecule has 4 rings (SSSR count). The number of hydrogen-bond donors (Lipinski definition) is 1. The summed E-state index contributed by atoms with van der Waals surface area (Å²) in [5.74, 6) is -1.32. The van der Waals surface area contributed by atoms with Crippen molar-refractivity contribution in [2.24, 2.45) is 0 Å². The molecule has 0 saturated carbocycles. The molecule has 9 heteroatoms. The molecule has 0 fully saturated rings. The van der Waals surface area contributed by atoms with Crippen LogP contribution in [0.5, 0.6) is 0 Å². The molecular formula is C22H17Cl2FN4O2. The highest BCUT2D eigenvalue weighted by Gasteiger charge is 2.28. The third-order valence-corrected chi connectivity index (χ3v) is 5.91. The predicted octanol–water partition coefficient (Wildman–Crippen LogP) is 4.05. The van der Waals surface area contributed by atoms with E-state index in [1.165, 1.54) is 24.5 Å². The number of aromatic nitrogens is 2. The molecule has 0 unspecified atom stereocenters. The van der Waals surface area contributed by atoms with Crippen molar-refractivity contribution in [1.82, 2.24) is 20.2 Å². The quantitative estimate of drug-likeness (QED) is 0.639. The van der Waals surface area contributed by atoms with Gasteiger partial charge in [-0.25, -0.2) is 14.4 Å². The Balaban J connectivity index is 1.52. The Morgan fingerprint density at radius 2 is 1.74 bits per heavy atom. The van der Waals surface area contributed by atoms with Gasteiger partial charge in [0.05, 0.1) is 10.0 Å². The van der Waals surface area contributed by atoms with Crippen molar-refractivity contribution in [2.75, 3.05) is 6.54 Å². The molecule has 2 amide bonds. The van der Waals surface area contributed by atoms with Gasteiger partial charge in [-0.15, -0.1) is 0 Å². The minimum absolute atomic E-state index is 0.0410. The summed E-state index contributed by atoms with van der Waals surface area (Å²) < 4.78 is 13.0. The van der Waals surface area contributed by atoms with Crippen molar-refractivity contribution in [2.45, 2.75) is 19.5 Å². The maximum Gasteiger partial charge on any atom is 0.275 e. The maximum absolute atomic E-state index is 13.2. The Morgan fingerprint density at radius 3 is 2.48 bits per heavy atom. The summed E-state index contributed by atoms with van der Waals surface area (Å²) in [4.78, 5) is 35.6. The monoisotopic (exact) mass is 458 g/mol. The molecule has 0 saturated heterocycles. The van der Waals surface area contributed by atoms with E-state index in [9.17, 15) is 14.0 Å². The summed E-state index contributed by atoms with van der Waals surface area (Å²) in [6, 6.07) is 9.40. The van der Waals surface area contributed by atoms with Gasteiger partial charge in [0, 0.05) is 32.0 Å². The van der Waals surface area contributed by atoms with Crippen LogP contribution in [0, 0.1) is 5.82 Å². The molecule has 3 aromatic rings. The second-order valence-electron chi connectivity index (χ2n) is 7.04. The van der Waals surface area contributed by atoms with E-state index in [1.807, 2.05) is 6.07 Å². The minimum Gasteiger partial charge on any atom is -0.347 e. The number of fused-ring (bicyclic) bond motifs is 1. The van der Waals surface area contributed by atoms with Crippen molar-refractivity contribution < 1.29 is 14.0 Å². The van der Waals surface area contributed by atoms with E-state index in [2.05, 4.69) is 15.3 Å². The van der Waals surface area contributed by atoms with Gasteiger partial charge in [0.1, 0.15) is 5.82 Å². The average molecular weight is 459 g/mol. The summed E-state index contributed by atoms with van der Waals surface area (Å²) in [5, 5.41) is 3.54. The zero-order chi connectivity index (χ0) is 22.0. The van der Waals surface area contributed by atoms with E-state index < -0.39 is 11.8 Å². The number of benzene rings is 2. The van der Waals surface area contributed by atoms with Crippen molar-refractivity contribution in [3.8, 4) is 0 Å². The summed E-state index contributed by atoms with van der Waals surface area (Å²) >= 11 is 12.5. The molecule has 1 N–H and O–H groups in total. The third-order valence-electron chi connectivity index (χ3n) is 5.06. The van der Waals surface area contributed by atoms with Gasteiger partial charge in [0.25, 0.3) is 11.8 Å². The van der Waals surface area contributed by atoms with Crippen LogP contribution in [0.2, 0.25) is 10.0 Å². The summed E-state index contributed by atoms with van der Waals surface area (Å²) in [7, 11) is 0. The van der Waals surface area contributed by atoms with Crippen LogP contribution in [0.15, 0.2) is 48.8 Å². The Hall–Kier alpha value is -3.03. The fourth-order valence-corrected chi connectivity index (χ4v) is 3.84. The Kier molecular flexibility index (Phi) is 6.15. The first-order chi connectivity index (χ1) is 14.9. The number of amides is 2. The number of rotatable bonds is 4. The molecule has 2 heterocycles. The zero-order valence-corrected chi connectivity index (χ0v) is 17.8. The standard InChI is InChI=1S/C22H17Cl2FN4O2/c23-17-6-3-14-7-10-29(12-16(14)18(17)24)22(31)20-19(26-8-9-27-20)21(30)28-11-13-1-4-15(25)5-2-13/h1-6,8-9H,7,10-12H2,(H,28,30). The van der Waals surface area contributed by atoms with E-state index >= 15 is 0 Å². The molecule has 158 valence electrons. The lowest BCUT2D eigenvalue weighted by Crippen LogP contribution is -2.38. The maximum atomic E-state index is 13.2. The van der Waals surface area contributed by atoms with Crippen LogP contribution in [-0.2, 0) is 19.5 Å². The molecule has 1 aromatic heterocycles. The fourth-order valence-electron chi connectivity index (χ4n) is 3.42. The Morgan fingerprint density at radius 1 is 1.03 bits per heavy atom. The fraction of sp³-hybridized carbons (Fsp3) is 0.182. The SMILES string of the molecule is O=C(NCc1ccc(F)cc1)c1nccnc1C(=O)N1CCc2ccc(Cl)c(Cl)c2C1. The first kappa shape index (κ1) is 21.2. The van der Waals surface area contributed by atoms with E-state index in [0.717, 1.165) is 11.1 Å². The minimum atomic E-state index is -0.542. The van der Waals surface area contributed by atoms with Crippen molar-refractivity contribution in [3.63, 3.8) is 0 Å². The Labute approximate surface area is 188 Å². The summed E-state index contributed by atoms with van der Waals surface area (Å²) in [5.41, 5.74) is 2.43. The van der Waals surface area contributed by atoms with E-state index in [0.29, 0.717) is 28.6 Å². The van der Waals surface area contributed by atoms with Crippen LogP contribution >= 0.6 is 23.2 Å². The van der Waals surface area contributed by atoms with Gasteiger partial charge in [-0.1, -0.05) is 41.4 Å². The summed E-state index contributed by atoms with van der Waals surface area (Å²) in [6.45, 7) is 0.881. The zero-order valence-electron chi connectivity index (χ0n) is 16.2. The van der Waals surface area contributed by atoms with Crippen molar-refractivity contribution in [3.05, 3.63) is 92.7 Å². The van der Waals surface area contributed by atoms with Gasteiger partial charge in [0.2, 0.25) is 0 Å². The van der Waals surface area contributed by atoms with Crippen LogP contribution in [0.1, 0.15) is 37.7 Å². The molecule has 0 aliphatic carbocycles. The van der Waals surface area contributed by atoms with Gasteiger partial charge in [-0.2, -0.15) is 0 Å². The first-order valence-corrected chi connectivity index (χ1v) is 10.3. The van der Waals surface area contributed by atoms with Crippen LogP contribution < -0.4 is 5.32 Å². The molecule has 6 nitrogen and oxygen atoms in total. The number of nitrogens with one attached hydrogen (secondary N) is 1. The molecule has 1 aliphatic heterocycles. The highest BCUT2D eigenvalue weighted by atomic mass is 35.5. The molecule has 31 heavy (non-hydrogen) atoms. The number of carbonyl (C=O) groups excluding carboxylic acids is 2. The molecular weight excluding hydrogens is 442 g/mol. The van der Waals surface area contributed by atoms with Crippen molar-refractivity contribution >= 4 is 35.0 Å². The van der Waals surface area contributed by atoms with Gasteiger partial charge in [-0.3, -0.25) is 9.59 Å². The molecule has 0 radical (unpaired) electrons. The first-order valence-electron chi connectivity index (χ1n) is 9.52. The molecule has 1 aliphatic rings. The molecule has 0 spiro atoms. The third kappa shape index (κ3) is 4.52. The number of halogens is 3. The van der Waals surface area contributed by atoms with Gasteiger partial charge >= 0.3 is 0 Å². The molecule has 2 aromatic carbocycles. The topological polar surface area (TPSA) is 75.2 Å². The largest absolute Gasteiger partial charge is 0.347 e. The van der Waals surface area contributed by atoms with Gasteiger partial charge in [-0.05, 0) is 41.3 Å². The second-order valence-corrected chi connectivity index (χ2v) is 7.82. The lowest BCUT2D eigenvalue weighted by atomic mass is 9.99. The van der Waals surface area contributed by atoms with E-state index in [4.69, 9.17) is 23.2 Å². The van der Waals surface area contributed by atoms with Crippen LogP contribution in [0.3, 0.4) is 0 Å². The van der Waals surface area contributed by atoms with Gasteiger partial charge < -0.3 is 10.2 Å². The number of carbonyl (C=O) groups is 2. The van der Waals surface area contributed by atoms with E-state index in [-0.39, 0.29) is 30.3 Å². The lowest BCUT2D eigenvalue weighted by molar-refractivity contribution is 0.0721. The average Bonchev–Trinajstić information content (AvgIpc) is 2.80. The highest BCUT2D eigenvalue weighted by molar-refractivity contribution is 6.42. The Bertz CT molecular complexity index is 1150. The second kappa shape index (κ2) is 8.99. The van der Waals surface area contributed by atoms with Crippen LogP contribution in [-0.4, -0.2) is 33.2 Å². The number of nitrogens with zero attached hydrogens (tertiary/aromatic N) is 3. The lowest BCUT2D eigenvalue weighted by Gasteiger charge is -2.29.